The van der Waals surface area contributed by atoms with Crippen molar-refractivity contribution in [2.45, 2.75) is 70.9 Å². The molecule has 23 heavy (non-hydrogen) atoms. The van der Waals surface area contributed by atoms with Gasteiger partial charge in [0, 0.05) is 6.04 Å². The number of nitriles is 1. The maximum Gasteiger partial charge on any atom is 0.132 e. The van der Waals surface area contributed by atoms with Crippen LogP contribution < -0.4 is 0 Å². The highest BCUT2D eigenvalue weighted by Crippen LogP contribution is 2.28. The van der Waals surface area contributed by atoms with Crippen molar-refractivity contribution in [3.63, 3.8) is 0 Å². The fourth-order valence-corrected chi connectivity index (χ4v) is 3.43. The third kappa shape index (κ3) is 5.67. The van der Waals surface area contributed by atoms with Crippen molar-refractivity contribution in [3.8, 4) is 6.07 Å². The number of rotatable bonds is 7. The lowest BCUT2D eigenvalue weighted by molar-refractivity contribution is 0.0845. The first kappa shape index (κ1) is 18.0. The van der Waals surface area contributed by atoms with Gasteiger partial charge in [-0.2, -0.15) is 5.26 Å². The zero-order chi connectivity index (χ0) is 16.7. The number of hydrogen-bond acceptors (Lipinski definition) is 4. The zero-order valence-corrected chi connectivity index (χ0v) is 14.5. The van der Waals surface area contributed by atoms with E-state index >= 15 is 0 Å². The van der Waals surface area contributed by atoms with E-state index in [4.69, 9.17) is 9.68 Å². The average Bonchev–Trinajstić information content (AvgIpc) is 2.98. The van der Waals surface area contributed by atoms with E-state index in [0.717, 1.165) is 38.8 Å². The van der Waals surface area contributed by atoms with Crippen molar-refractivity contribution in [3.05, 3.63) is 24.2 Å². The molecule has 0 saturated carbocycles. The van der Waals surface area contributed by atoms with Crippen molar-refractivity contribution < 1.29 is 9.52 Å². The SMILES string of the molecule is CC(C)(C#N)CCCN1CCCCCC1CC(O)c1ccco1. The number of likely N-dealkylation sites (tertiary alicyclic amines) is 1. The number of nitrogens with zero attached hydrogens (tertiary/aromatic N) is 2. The molecule has 0 aliphatic carbocycles. The molecular formula is C19H30N2O2. The van der Waals surface area contributed by atoms with Crippen LogP contribution in [0.1, 0.15) is 70.7 Å². The molecule has 0 bridgehead atoms. The Morgan fingerprint density at radius 3 is 2.96 bits per heavy atom. The fourth-order valence-electron chi connectivity index (χ4n) is 3.43. The predicted molar refractivity (Wildman–Crippen MR) is 90.7 cm³/mol. The Hall–Kier alpha value is -1.31. The Balaban J connectivity index is 1.90. The second-order valence-corrected chi connectivity index (χ2v) is 7.41. The van der Waals surface area contributed by atoms with Gasteiger partial charge in [-0.25, -0.2) is 0 Å². The lowest BCUT2D eigenvalue weighted by Crippen LogP contribution is -2.37. The molecule has 1 aliphatic heterocycles. The van der Waals surface area contributed by atoms with Crippen LogP contribution in [-0.4, -0.2) is 29.1 Å². The Morgan fingerprint density at radius 2 is 2.26 bits per heavy atom. The summed E-state index contributed by atoms with van der Waals surface area (Å²) in [5, 5.41) is 19.5. The van der Waals surface area contributed by atoms with Crippen molar-refractivity contribution in [1.82, 2.24) is 4.90 Å². The van der Waals surface area contributed by atoms with Crippen LogP contribution in [0, 0.1) is 16.7 Å². The molecule has 0 amide bonds. The maximum atomic E-state index is 10.4. The summed E-state index contributed by atoms with van der Waals surface area (Å²) >= 11 is 0. The predicted octanol–water partition coefficient (Wildman–Crippen LogP) is 4.28. The van der Waals surface area contributed by atoms with Crippen LogP contribution >= 0.6 is 0 Å². The summed E-state index contributed by atoms with van der Waals surface area (Å²) in [5.41, 5.74) is -0.241. The van der Waals surface area contributed by atoms with Gasteiger partial charge in [0.1, 0.15) is 11.9 Å². The minimum atomic E-state index is -0.522. The van der Waals surface area contributed by atoms with Crippen molar-refractivity contribution in [2.24, 2.45) is 5.41 Å². The normalized spacial score (nSPS) is 21.6. The Bertz CT molecular complexity index is 490. The molecule has 0 aromatic carbocycles. The monoisotopic (exact) mass is 318 g/mol. The first-order valence-corrected chi connectivity index (χ1v) is 8.88. The van der Waals surface area contributed by atoms with Gasteiger partial charge in [0.05, 0.1) is 17.7 Å². The van der Waals surface area contributed by atoms with Crippen molar-refractivity contribution in [2.75, 3.05) is 13.1 Å². The van der Waals surface area contributed by atoms with Gasteiger partial charge >= 0.3 is 0 Å². The molecule has 2 rings (SSSR count). The van der Waals surface area contributed by atoms with Crippen LogP contribution in [0.15, 0.2) is 22.8 Å². The summed E-state index contributed by atoms with van der Waals surface area (Å²) in [6.07, 6.45) is 8.66. The summed E-state index contributed by atoms with van der Waals surface area (Å²) in [7, 11) is 0. The van der Waals surface area contributed by atoms with E-state index in [-0.39, 0.29) is 5.41 Å². The van der Waals surface area contributed by atoms with E-state index in [1.54, 1.807) is 6.26 Å². The van der Waals surface area contributed by atoms with Gasteiger partial charge in [0.15, 0.2) is 0 Å². The standard InChI is InChI=1S/C19H30N2O2/c1-19(2,15-20)10-7-12-21-11-5-3-4-8-16(21)14-17(22)18-9-6-13-23-18/h6,9,13,16-17,22H,3-5,7-8,10-12,14H2,1-2H3. The first-order chi connectivity index (χ1) is 11.0. The molecule has 128 valence electrons. The van der Waals surface area contributed by atoms with Gasteiger partial charge in [-0.05, 0) is 71.2 Å². The zero-order valence-electron chi connectivity index (χ0n) is 14.5. The fraction of sp³-hybridized carbons (Fsp3) is 0.737. The molecule has 1 aromatic rings. The maximum absolute atomic E-state index is 10.4. The molecule has 4 nitrogen and oxygen atoms in total. The minimum Gasteiger partial charge on any atom is -0.467 e. The van der Waals surface area contributed by atoms with Gasteiger partial charge in [0.2, 0.25) is 0 Å². The molecule has 1 fully saturated rings. The first-order valence-electron chi connectivity index (χ1n) is 8.88. The summed E-state index contributed by atoms with van der Waals surface area (Å²) in [6, 6.07) is 6.46. The topological polar surface area (TPSA) is 60.4 Å². The Labute approximate surface area is 140 Å². The lowest BCUT2D eigenvalue weighted by atomic mass is 9.89. The second kappa shape index (κ2) is 8.52. The third-order valence-electron chi connectivity index (χ3n) is 4.92. The van der Waals surface area contributed by atoms with Gasteiger partial charge in [-0.1, -0.05) is 12.8 Å². The lowest BCUT2D eigenvalue weighted by Gasteiger charge is -2.31. The van der Waals surface area contributed by atoms with Gasteiger partial charge in [-0.15, -0.1) is 0 Å². The molecule has 1 N–H and O–H groups in total. The van der Waals surface area contributed by atoms with Crippen LogP contribution in [-0.2, 0) is 0 Å². The highest BCUT2D eigenvalue weighted by molar-refractivity contribution is 5.02. The van der Waals surface area contributed by atoms with E-state index in [9.17, 15) is 5.11 Å². The molecule has 2 unspecified atom stereocenters. The summed E-state index contributed by atoms with van der Waals surface area (Å²) in [4.78, 5) is 2.52. The second-order valence-electron chi connectivity index (χ2n) is 7.41. The molecule has 1 aliphatic rings. The van der Waals surface area contributed by atoms with Gasteiger partial charge in [-0.3, -0.25) is 0 Å². The van der Waals surface area contributed by atoms with E-state index in [1.807, 2.05) is 26.0 Å². The molecule has 0 spiro atoms. The van der Waals surface area contributed by atoms with Crippen LogP contribution in [0.3, 0.4) is 0 Å². The summed E-state index contributed by atoms with van der Waals surface area (Å²) in [5.74, 6) is 0.666. The molecule has 1 saturated heterocycles. The summed E-state index contributed by atoms with van der Waals surface area (Å²) in [6.45, 7) is 6.13. The molecule has 0 radical (unpaired) electrons. The molecular weight excluding hydrogens is 288 g/mol. The number of furan rings is 1. The van der Waals surface area contributed by atoms with E-state index < -0.39 is 6.10 Å². The molecule has 1 aromatic heterocycles. The van der Waals surface area contributed by atoms with Crippen LogP contribution in [0.2, 0.25) is 0 Å². The van der Waals surface area contributed by atoms with E-state index in [1.165, 1.54) is 19.3 Å². The largest absolute Gasteiger partial charge is 0.467 e. The smallest absolute Gasteiger partial charge is 0.132 e. The Morgan fingerprint density at radius 1 is 1.43 bits per heavy atom. The highest BCUT2D eigenvalue weighted by atomic mass is 16.4. The number of hydrogen-bond donors (Lipinski definition) is 1. The van der Waals surface area contributed by atoms with Gasteiger partial charge < -0.3 is 14.4 Å². The van der Waals surface area contributed by atoms with Crippen LogP contribution in [0.25, 0.3) is 0 Å². The average molecular weight is 318 g/mol. The molecule has 4 heteroatoms. The van der Waals surface area contributed by atoms with Crippen molar-refractivity contribution in [1.29, 1.82) is 5.26 Å². The molecule has 2 heterocycles. The van der Waals surface area contributed by atoms with E-state index in [0.29, 0.717) is 11.8 Å². The van der Waals surface area contributed by atoms with Crippen LogP contribution in [0.4, 0.5) is 0 Å². The highest BCUT2D eigenvalue weighted by Gasteiger charge is 2.25. The van der Waals surface area contributed by atoms with Crippen LogP contribution in [0.5, 0.6) is 0 Å². The third-order valence-corrected chi connectivity index (χ3v) is 4.92. The van der Waals surface area contributed by atoms with Gasteiger partial charge in [0.25, 0.3) is 0 Å². The van der Waals surface area contributed by atoms with E-state index in [2.05, 4.69) is 11.0 Å². The molecule has 2 atom stereocenters. The van der Waals surface area contributed by atoms with Crippen molar-refractivity contribution >= 4 is 0 Å². The minimum absolute atomic E-state index is 0.241. The number of aliphatic hydroxyl groups is 1. The quantitative estimate of drug-likeness (QED) is 0.815. The number of aliphatic hydroxyl groups excluding tert-OH is 1. The Kier molecular flexibility index (Phi) is 6.68. The summed E-state index contributed by atoms with van der Waals surface area (Å²) < 4.78 is 5.34.